The van der Waals surface area contributed by atoms with Gasteiger partial charge in [-0.15, -0.1) is 0 Å². The van der Waals surface area contributed by atoms with Gasteiger partial charge >= 0.3 is 0 Å². The van der Waals surface area contributed by atoms with Crippen molar-refractivity contribution in [3.8, 4) is 0 Å². The number of halogens is 1. The van der Waals surface area contributed by atoms with Gasteiger partial charge in [0.1, 0.15) is 5.16 Å². The molecule has 2 rings (SSSR count). The predicted molar refractivity (Wildman–Crippen MR) is 139 cm³/mol. The number of pyridine rings is 1. The SMILES string of the molecule is C=C(Cl)/N=C(C)\C(=C/C)NC(=NCc1ccc(S(=O)(=O)CC)cn1)C(=O)C(C)CC1CCCC1. The maximum absolute atomic E-state index is 13.4. The van der Waals surface area contributed by atoms with Crippen LogP contribution >= 0.6 is 11.6 Å². The summed E-state index contributed by atoms with van der Waals surface area (Å²) in [5.74, 6) is 0.543. The van der Waals surface area contributed by atoms with E-state index in [1.54, 1.807) is 26.0 Å². The molecule has 1 N–H and O–H groups in total. The summed E-state index contributed by atoms with van der Waals surface area (Å²) in [5, 5.41) is 3.28. The summed E-state index contributed by atoms with van der Waals surface area (Å²) in [7, 11) is -3.32. The Morgan fingerprint density at radius 3 is 2.56 bits per heavy atom. The van der Waals surface area contributed by atoms with Crippen molar-refractivity contribution < 1.29 is 13.2 Å². The third-order valence-corrected chi connectivity index (χ3v) is 7.80. The molecule has 0 saturated heterocycles. The highest BCUT2D eigenvalue weighted by Gasteiger charge is 2.25. The van der Waals surface area contributed by atoms with Crippen LogP contribution in [0.15, 0.2) is 56.7 Å². The standard InChI is InChI=1S/C25H35ClN4O3S/c1-6-23(18(4)29-19(5)26)30-25(24(31)17(3)14-20-10-8-9-11-20)28-15-21-12-13-22(16-27-21)34(32,33)7-2/h6,12-13,16-17,20H,5,7-11,14-15H2,1-4H3,(H,28,30)/b23-6+,29-18-. The van der Waals surface area contributed by atoms with Crippen LogP contribution in [0.2, 0.25) is 0 Å². The Bertz CT molecular complexity index is 1070. The predicted octanol–water partition coefficient (Wildman–Crippen LogP) is 5.22. The second-order valence-electron chi connectivity index (χ2n) is 8.61. The van der Waals surface area contributed by atoms with E-state index in [1.165, 1.54) is 25.1 Å². The summed E-state index contributed by atoms with van der Waals surface area (Å²) in [6, 6.07) is 3.14. The van der Waals surface area contributed by atoms with Crippen molar-refractivity contribution in [1.82, 2.24) is 10.3 Å². The molecule has 1 heterocycles. The Kier molecular flexibility index (Phi) is 10.6. The Balaban J connectivity index is 2.28. The molecule has 9 heteroatoms. The van der Waals surface area contributed by atoms with E-state index >= 15 is 0 Å². The van der Waals surface area contributed by atoms with Crippen molar-refractivity contribution in [2.24, 2.45) is 21.8 Å². The minimum atomic E-state index is -3.32. The lowest BCUT2D eigenvalue weighted by molar-refractivity contribution is -0.116. The Morgan fingerprint density at radius 1 is 1.35 bits per heavy atom. The van der Waals surface area contributed by atoms with Gasteiger partial charge in [0.05, 0.1) is 34.3 Å². The average molecular weight is 507 g/mol. The van der Waals surface area contributed by atoms with E-state index in [0.717, 1.165) is 19.3 Å². The molecule has 0 aliphatic heterocycles. The maximum atomic E-state index is 13.4. The highest BCUT2D eigenvalue weighted by atomic mass is 35.5. The van der Waals surface area contributed by atoms with Crippen molar-refractivity contribution in [3.63, 3.8) is 0 Å². The first-order valence-corrected chi connectivity index (χ1v) is 13.7. The fourth-order valence-corrected chi connectivity index (χ4v) is 4.97. The zero-order valence-electron chi connectivity index (χ0n) is 20.5. The monoisotopic (exact) mass is 506 g/mol. The molecule has 0 amide bonds. The van der Waals surface area contributed by atoms with Gasteiger partial charge < -0.3 is 5.32 Å². The van der Waals surface area contributed by atoms with Crippen molar-refractivity contribution in [2.75, 3.05) is 5.75 Å². The summed E-state index contributed by atoms with van der Waals surface area (Å²) in [4.78, 5) is 26.5. The Morgan fingerprint density at radius 2 is 2.03 bits per heavy atom. The smallest absolute Gasteiger partial charge is 0.200 e. The van der Waals surface area contributed by atoms with E-state index in [4.69, 9.17) is 11.6 Å². The van der Waals surface area contributed by atoms with Gasteiger partial charge in [0.2, 0.25) is 0 Å². The summed E-state index contributed by atoms with van der Waals surface area (Å²) >= 11 is 5.83. The van der Waals surface area contributed by atoms with Crippen molar-refractivity contribution in [1.29, 1.82) is 0 Å². The number of carbonyl (C=O) groups excluding carboxylic acids is 1. The van der Waals surface area contributed by atoms with Gasteiger partial charge in [-0.2, -0.15) is 0 Å². The molecule has 1 aliphatic rings. The topological polar surface area (TPSA) is 101 Å². The van der Waals surface area contributed by atoms with Gasteiger partial charge in [0.15, 0.2) is 21.5 Å². The number of nitrogens with one attached hydrogen (secondary N) is 1. The second-order valence-corrected chi connectivity index (χ2v) is 11.3. The zero-order chi connectivity index (χ0) is 25.3. The van der Waals surface area contributed by atoms with E-state index < -0.39 is 9.84 Å². The third-order valence-electron chi connectivity index (χ3n) is 6.00. The van der Waals surface area contributed by atoms with Gasteiger partial charge in [-0.1, -0.05) is 63.8 Å². The van der Waals surface area contributed by atoms with Gasteiger partial charge in [0.25, 0.3) is 0 Å². The first-order chi connectivity index (χ1) is 16.1. The molecule has 1 saturated carbocycles. The number of Topliss-reactive ketones (excluding diaryl/α,β-unsaturated/α-hetero) is 1. The fraction of sp³-hybridized carbons (Fsp3) is 0.520. The zero-order valence-corrected chi connectivity index (χ0v) is 22.0. The lowest BCUT2D eigenvalue weighted by Gasteiger charge is -2.18. The molecule has 1 aromatic rings. The Hall–Kier alpha value is -2.32. The van der Waals surface area contributed by atoms with Gasteiger partial charge in [0, 0.05) is 12.1 Å². The Labute approximate surface area is 208 Å². The van der Waals surface area contributed by atoms with Crippen molar-refractivity contribution in [3.05, 3.63) is 47.5 Å². The molecular weight excluding hydrogens is 472 g/mol. The molecule has 1 fully saturated rings. The fourth-order valence-electron chi connectivity index (χ4n) is 4.02. The molecule has 0 aromatic carbocycles. The molecule has 7 nitrogen and oxygen atoms in total. The largest absolute Gasteiger partial charge is 0.336 e. The van der Waals surface area contributed by atoms with E-state index in [9.17, 15) is 13.2 Å². The minimum absolute atomic E-state index is 0.00932. The van der Waals surface area contributed by atoms with Crippen LogP contribution in [0.1, 0.15) is 65.5 Å². The van der Waals surface area contributed by atoms with Crippen LogP contribution < -0.4 is 5.32 Å². The molecule has 0 bridgehead atoms. The number of aliphatic imine (C=N–C) groups is 2. The van der Waals surface area contributed by atoms with Crippen LogP contribution in [0.3, 0.4) is 0 Å². The molecule has 34 heavy (non-hydrogen) atoms. The number of sulfone groups is 1. The molecule has 1 aromatic heterocycles. The number of allylic oxidation sites excluding steroid dienone is 2. The molecule has 1 aliphatic carbocycles. The number of nitrogens with zero attached hydrogens (tertiary/aromatic N) is 3. The maximum Gasteiger partial charge on any atom is 0.200 e. The molecule has 186 valence electrons. The van der Waals surface area contributed by atoms with Crippen molar-refractivity contribution in [2.45, 2.75) is 71.2 Å². The van der Waals surface area contributed by atoms with Crippen LogP contribution in [-0.4, -0.2) is 36.5 Å². The summed E-state index contributed by atoms with van der Waals surface area (Å²) < 4.78 is 24.0. The first kappa shape index (κ1) is 27.9. The second kappa shape index (κ2) is 13.0. The minimum Gasteiger partial charge on any atom is -0.336 e. The summed E-state index contributed by atoms with van der Waals surface area (Å²) in [5.41, 5.74) is 1.75. The number of amidine groups is 1. The number of hydrogen-bond donors (Lipinski definition) is 1. The van der Waals surface area contributed by atoms with Crippen LogP contribution in [0, 0.1) is 11.8 Å². The molecule has 0 spiro atoms. The molecule has 1 unspecified atom stereocenters. The lowest BCUT2D eigenvalue weighted by Crippen LogP contribution is -2.36. The number of aromatic nitrogens is 1. The summed E-state index contributed by atoms with van der Waals surface area (Å²) in [6.07, 6.45) is 8.74. The normalized spacial score (nSPS) is 17.0. The molecule has 0 radical (unpaired) electrons. The number of ketones is 1. The van der Waals surface area contributed by atoms with Gasteiger partial charge in [-0.05, 0) is 38.3 Å². The third kappa shape index (κ3) is 8.17. The molecular formula is C25H35ClN4O3S. The number of rotatable bonds is 11. The van der Waals surface area contributed by atoms with Gasteiger partial charge in [-0.25, -0.2) is 13.4 Å². The van der Waals surface area contributed by atoms with Crippen LogP contribution in [0.25, 0.3) is 0 Å². The van der Waals surface area contributed by atoms with E-state index in [1.807, 2.05) is 13.8 Å². The first-order valence-electron chi connectivity index (χ1n) is 11.7. The average Bonchev–Trinajstić information content (AvgIpc) is 3.31. The summed E-state index contributed by atoms with van der Waals surface area (Å²) in [6.45, 7) is 10.9. The van der Waals surface area contributed by atoms with Crippen LogP contribution in [-0.2, 0) is 21.2 Å². The van der Waals surface area contributed by atoms with Gasteiger partial charge in [-0.3, -0.25) is 14.8 Å². The lowest BCUT2D eigenvalue weighted by atomic mass is 9.91. The highest BCUT2D eigenvalue weighted by molar-refractivity contribution is 7.91. The number of hydrogen-bond acceptors (Lipinski definition) is 6. The highest BCUT2D eigenvalue weighted by Crippen LogP contribution is 2.30. The molecule has 1 atom stereocenters. The van der Waals surface area contributed by atoms with Crippen LogP contribution in [0.4, 0.5) is 0 Å². The number of carbonyl (C=O) groups is 1. The van der Waals surface area contributed by atoms with Crippen molar-refractivity contribution >= 4 is 38.8 Å². The van der Waals surface area contributed by atoms with E-state index in [-0.39, 0.29) is 39.9 Å². The van der Waals surface area contributed by atoms with E-state index in [2.05, 4.69) is 26.9 Å². The quantitative estimate of drug-likeness (QED) is 0.252. The van der Waals surface area contributed by atoms with Crippen LogP contribution in [0.5, 0.6) is 0 Å². The van der Waals surface area contributed by atoms with E-state index in [0.29, 0.717) is 23.0 Å².